The molecule has 0 radical (unpaired) electrons. The molecule has 0 saturated heterocycles. The zero-order chi connectivity index (χ0) is 103. The summed E-state index contributed by atoms with van der Waals surface area (Å²) in [6, 6.07) is 124. The molecule has 0 saturated carbocycles. The number of fused-ring (bicyclic) bond motifs is 11. The normalized spacial score (nSPS) is 11.8. The van der Waals surface area contributed by atoms with E-state index in [-0.39, 0.29) is 5.60 Å². The van der Waals surface area contributed by atoms with Gasteiger partial charge in [-0.05, 0) is 35.3 Å². The molecule has 19 aromatic carbocycles. The molecular weight excluding hydrogens is 2420 g/mol. The Bertz CT molecular complexity index is 6620. The van der Waals surface area contributed by atoms with Crippen molar-refractivity contribution in [3.05, 3.63) is 350 Å². The SMILES string of the molecule is CC(C)(C)OCCCCCC[Si](C)([c-]1cccc1)[c-]1c2ccccc2c2ccccc21.CCCCc1c[c-]([Si](C)(C)[c-]2cc(CCCC)c3ccccc32)c2ccccc12.CCCCc1cc[c-]([Si](C)(C)[c-]2ccc(CCCC)c2)c1.C[Si](C)([c-]1ccc2ccccc21)[c-]1c2ccccc2c2ccccc21.C[Si](C)([c-]1ccc2ccccc21)[c-]1ccc2ccccc21.[Cl][Zr+2][Cl].[Cl][Zr+2][Cl].[Cl][Zr+2][Cl].[Cl][Zr+2][Cl].[Cl][Zr+2][Cl]. The van der Waals surface area contributed by atoms with Crippen LogP contribution >= 0.6 is 85.1 Å². The average Bonchev–Trinajstić information content (AvgIpc) is 1.54. The Hall–Kier alpha value is -2.82. The van der Waals surface area contributed by atoms with Gasteiger partial charge in [0, 0.05) is 38.9 Å². The van der Waals surface area contributed by atoms with Crippen LogP contribution in [-0.2, 0) is 135 Å². The Balaban J connectivity index is 0.000000177. The van der Waals surface area contributed by atoms with Crippen molar-refractivity contribution < 1.29 is 109 Å². The van der Waals surface area contributed by atoms with Crippen molar-refractivity contribution in [2.45, 2.75) is 222 Å². The summed E-state index contributed by atoms with van der Waals surface area (Å²) in [4.78, 5) is 0. The molecule has 0 heterocycles. The van der Waals surface area contributed by atoms with Crippen molar-refractivity contribution in [3.63, 3.8) is 0 Å². The second-order valence-corrected chi connectivity index (χ2v) is 80.4. The summed E-state index contributed by atoms with van der Waals surface area (Å²) >= 11 is -4.13. The van der Waals surface area contributed by atoms with Crippen molar-refractivity contribution in [2.75, 3.05) is 6.61 Å². The number of ether oxygens (including phenoxy) is 1. The Kier molecular flexibility index (Phi) is 51.6. The van der Waals surface area contributed by atoms with Gasteiger partial charge in [0.25, 0.3) is 0 Å². The Morgan fingerprint density at radius 1 is 0.254 bits per heavy atom. The van der Waals surface area contributed by atoms with Crippen LogP contribution in [0.4, 0.5) is 0 Å². The molecule has 0 amide bonds. The first-order valence-electron chi connectivity index (χ1n) is 50.1. The van der Waals surface area contributed by atoms with Crippen LogP contribution < -0.4 is 51.9 Å². The monoisotopic (exact) mass is 2550 g/mol. The standard InChI is InChI=1S/C29H36OSi.C28H34Si.C24H20Si.C20H18Si.C20H30Si.10ClH.5Zr/c1-29(2,3)30-21-13-5-6-14-22-31(4,23-15-7-8-16-23)28-26-19-11-9-17-24(26)25-18-10-12-20-27(25)28;1-5-7-13-21-19-27(25-17-11-9-15-23(21)25)29(3,4)28-20-22(14-8-6-2)24-16-10-12-18-26(24)28;1-25(2,23-16-15-17-9-3-4-10-18(17)23)24-21-13-7-5-11-19(21)20-12-6-8-14-22(20)24;1-21(2,19-13-11-15-7-3-5-9-17(15)19)20-14-12-16-8-4-6-10-18(16)20;1-5-7-9-17-11-13-19(15-17)21(3,4)20-14-12-18(16-20)10-8-6-2;;;;;;;;;;;;;;;/h7-12,15-20H,5-6,13-14,21-22H2,1-4H3;9-12,15-20H,5-8,13-14H2,1-4H3;3-16H,1-2H3;3-14H,1-2H3;11-16H,5-10H2,1-4H3;10*1H;;;;;/q5*-2;;;;;;;;;;;5*+4/p-10. The summed E-state index contributed by atoms with van der Waals surface area (Å²) in [5, 5.41) is 41.6. The van der Waals surface area contributed by atoms with E-state index in [9.17, 15) is 0 Å². The van der Waals surface area contributed by atoms with Crippen molar-refractivity contribution in [1.82, 2.24) is 0 Å². The van der Waals surface area contributed by atoms with E-state index in [4.69, 9.17) is 89.9 Å². The maximum atomic E-state index is 5.90. The fourth-order valence-corrected chi connectivity index (χ4v) is 37.6. The van der Waals surface area contributed by atoms with Gasteiger partial charge in [0.1, 0.15) is 0 Å². The molecular formula is C121H138Cl10OSi5Zr5. The van der Waals surface area contributed by atoms with Gasteiger partial charge in [0.2, 0.25) is 0 Å². The summed E-state index contributed by atoms with van der Waals surface area (Å²) in [6.45, 7) is 39.0. The predicted molar refractivity (Wildman–Crippen MR) is 638 cm³/mol. The predicted octanol–water partition coefficient (Wildman–Crippen LogP) is 35.1. The van der Waals surface area contributed by atoms with E-state index >= 15 is 0 Å². The molecule has 1 nitrogen and oxygen atoms in total. The first kappa shape index (κ1) is 121. The summed E-state index contributed by atoms with van der Waals surface area (Å²) in [7, 11) is 40.6. The van der Waals surface area contributed by atoms with Gasteiger partial charge in [-0.1, -0.05) is 292 Å². The third-order valence-electron chi connectivity index (χ3n) is 28.4. The Morgan fingerprint density at radius 2 is 0.542 bits per heavy atom. The average molecular weight is 2560 g/mol. The van der Waals surface area contributed by atoms with Crippen molar-refractivity contribution >= 4 is 274 Å². The number of benzene rings is 9. The number of hydrogen-bond donors (Lipinski definition) is 0. The summed E-state index contributed by atoms with van der Waals surface area (Å²) in [5.74, 6) is 0. The first-order chi connectivity index (χ1) is 68.5. The van der Waals surface area contributed by atoms with Crippen LogP contribution in [-0.4, -0.2) is 52.6 Å². The van der Waals surface area contributed by atoms with Crippen LogP contribution in [0.3, 0.4) is 0 Å². The second kappa shape index (κ2) is 60.6. The molecule has 0 spiro atoms. The van der Waals surface area contributed by atoms with Crippen LogP contribution in [0.15, 0.2) is 328 Å². The molecule has 19 rings (SSSR count). The zero-order valence-corrected chi connectivity index (χ0v) is 110. The topological polar surface area (TPSA) is 9.23 Å². The Morgan fingerprint density at radius 3 is 0.887 bits per heavy atom. The quantitative estimate of drug-likeness (QED) is 0.0258. The van der Waals surface area contributed by atoms with Crippen molar-refractivity contribution in [3.8, 4) is 0 Å². The van der Waals surface area contributed by atoms with Crippen LogP contribution in [0, 0.1) is 0 Å². The third-order valence-corrected chi connectivity index (χ3v) is 47.2. The van der Waals surface area contributed by atoms with E-state index in [0.717, 1.165) is 13.0 Å². The fourth-order valence-electron chi connectivity index (χ4n) is 21.1. The third kappa shape index (κ3) is 31.5. The van der Waals surface area contributed by atoms with Crippen LogP contribution in [0.2, 0.25) is 65.0 Å². The fraction of sp³-hybridized carbons (Fsp3) is 0.289. The molecule has 0 fully saturated rings. The van der Waals surface area contributed by atoms with Crippen LogP contribution in [0.1, 0.15) is 148 Å². The number of rotatable bonds is 29. The maximum absolute atomic E-state index is 5.90. The Labute approximate surface area is 948 Å². The summed E-state index contributed by atoms with van der Waals surface area (Å²) < 4.78 is 5.90. The molecule has 0 bridgehead atoms. The molecule has 21 heteroatoms. The van der Waals surface area contributed by atoms with Crippen molar-refractivity contribution in [1.29, 1.82) is 0 Å². The molecule has 0 aliphatic rings. The second-order valence-electron chi connectivity index (χ2n) is 40.1. The zero-order valence-electron chi connectivity index (χ0n) is 85.6. The molecule has 19 aromatic rings. The van der Waals surface area contributed by atoms with Gasteiger partial charge in [-0.15, -0.1) is 261 Å². The van der Waals surface area contributed by atoms with Crippen molar-refractivity contribution in [2.24, 2.45) is 0 Å². The molecule has 142 heavy (non-hydrogen) atoms. The number of hydrogen-bond acceptors (Lipinski definition) is 1. The molecule has 0 N–H and O–H groups in total. The van der Waals surface area contributed by atoms with Gasteiger partial charge in [-0.3, -0.25) is 0 Å². The van der Waals surface area contributed by atoms with E-state index in [1.165, 1.54) is 210 Å². The van der Waals surface area contributed by atoms with Gasteiger partial charge in [0.15, 0.2) is 0 Å². The minimum atomic E-state index is -1.86. The van der Waals surface area contributed by atoms with Gasteiger partial charge in [-0.2, -0.15) is 111 Å². The van der Waals surface area contributed by atoms with E-state index < -0.39 is 145 Å². The van der Waals surface area contributed by atoms with Gasteiger partial charge in [0.05, 0.1) is 5.60 Å². The molecule has 0 aromatic heterocycles. The molecule has 0 aliphatic carbocycles. The van der Waals surface area contributed by atoms with Gasteiger partial charge >= 0.3 is 189 Å². The number of unbranched alkanes of at least 4 members (excludes halogenated alkanes) is 7. The van der Waals surface area contributed by atoms with E-state index in [2.05, 4.69) is 435 Å². The van der Waals surface area contributed by atoms with Crippen LogP contribution in [0.25, 0.3) is 97.0 Å². The number of aryl methyl sites for hydroxylation is 4. The van der Waals surface area contributed by atoms with Crippen LogP contribution in [0.5, 0.6) is 0 Å². The minimum absolute atomic E-state index is 0.0246. The summed E-state index contributed by atoms with van der Waals surface area (Å²) in [5.41, 5.74) is 6.15. The first-order valence-corrected chi connectivity index (χ1v) is 96.5. The van der Waals surface area contributed by atoms with Gasteiger partial charge in [-0.25, -0.2) is 24.3 Å². The summed E-state index contributed by atoms with van der Waals surface area (Å²) in [6.07, 6.45) is 20.1. The molecule has 738 valence electrons. The van der Waals surface area contributed by atoms with Gasteiger partial charge < -0.3 is 4.74 Å². The van der Waals surface area contributed by atoms with E-state index in [1.807, 2.05) is 0 Å². The molecule has 0 aliphatic heterocycles. The molecule has 1 unspecified atom stereocenters. The number of halogens is 10. The van der Waals surface area contributed by atoms with E-state index in [0.29, 0.717) is 0 Å². The molecule has 1 atom stereocenters. The van der Waals surface area contributed by atoms with E-state index in [1.54, 1.807) is 63.0 Å².